The molecule has 1 N–H and O–H groups in total. The van der Waals surface area contributed by atoms with Gasteiger partial charge in [-0.25, -0.2) is 4.68 Å². The van der Waals surface area contributed by atoms with Crippen molar-refractivity contribution in [3.8, 4) is 5.69 Å². The number of aromatic nitrogens is 4. The summed E-state index contributed by atoms with van der Waals surface area (Å²) in [5, 5.41) is 18.1. The molecule has 34 heavy (non-hydrogen) atoms. The van der Waals surface area contributed by atoms with Gasteiger partial charge in [-0.2, -0.15) is 10.2 Å². The van der Waals surface area contributed by atoms with Gasteiger partial charge in [0.2, 0.25) is 5.91 Å². The summed E-state index contributed by atoms with van der Waals surface area (Å²) in [6, 6.07) is 18.3. The summed E-state index contributed by atoms with van der Waals surface area (Å²) in [5.74, 6) is 0.946. The van der Waals surface area contributed by atoms with Crippen molar-refractivity contribution >= 4 is 22.6 Å². The molecular weight excluding hydrogens is 424 g/mol. The zero-order valence-electron chi connectivity index (χ0n) is 20.0. The number of piperidine rings is 1. The lowest BCUT2D eigenvalue weighted by molar-refractivity contribution is -0.125. The molecule has 1 fully saturated rings. The van der Waals surface area contributed by atoms with Crippen molar-refractivity contribution < 1.29 is 4.79 Å². The minimum atomic E-state index is 0.0118. The third kappa shape index (κ3) is 4.14. The van der Waals surface area contributed by atoms with Crippen molar-refractivity contribution in [1.82, 2.24) is 25.3 Å². The van der Waals surface area contributed by atoms with Crippen LogP contribution in [0.3, 0.4) is 0 Å². The first-order valence-electron chi connectivity index (χ1n) is 11.9. The number of hydrogen-bond donors (Lipinski definition) is 1. The van der Waals surface area contributed by atoms with Gasteiger partial charge in [-0.1, -0.05) is 42.5 Å². The molecule has 0 spiro atoms. The second-order valence-corrected chi connectivity index (χ2v) is 9.07. The number of carbonyl (C=O) groups excluding carboxylic acids is 1. The van der Waals surface area contributed by atoms with E-state index in [1.165, 1.54) is 5.56 Å². The van der Waals surface area contributed by atoms with Crippen LogP contribution in [0.1, 0.15) is 35.4 Å². The zero-order chi connectivity index (χ0) is 23.7. The number of amides is 1. The van der Waals surface area contributed by atoms with Crippen molar-refractivity contribution in [3.63, 3.8) is 0 Å². The molecule has 0 aliphatic carbocycles. The van der Waals surface area contributed by atoms with Gasteiger partial charge in [-0.3, -0.25) is 4.79 Å². The quantitative estimate of drug-likeness (QED) is 0.487. The van der Waals surface area contributed by atoms with E-state index in [4.69, 9.17) is 5.10 Å². The van der Waals surface area contributed by atoms with E-state index < -0.39 is 0 Å². The van der Waals surface area contributed by atoms with E-state index in [-0.39, 0.29) is 11.8 Å². The van der Waals surface area contributed by atoms with Crippen molar-refractivity contribution in [2.45, 2.75) is 40.2 Å². The van der Waals surface area contributed by atoms with Gasteiger partial charge in [-0.15, -0.1) is 5.10 Å². The summed E-state index contributed by atoms with van der Waals surface area (Å²) in [4.78, 5) is 15.0. The highest BCUT2D eigenvalue weighted by Crippen LogP contribution is 2.31. The summed E-state index contributed by atoms with van der Waals surface area (Å²) in [6.45, 7) is 8.22. The van der Waals surface area contributed by atoms with E-state index in [9.17, 15) is 4.79 Å². The molecule has 7 nitrogen and oxygen atoms in total. The van der Waals surface area contributed by atoms with E-state index in [1.54, 1.807) is 0 Å². The Hall–Kier alpha value is -3.74. The normalized spacial score (nSPS) is 14.5. The lowest BCUT2D eigenvalue weighted by Gasteiger charge is -2.32. The Bertz CT molecular complexity index is 1320. The highest BCUT2D eigenvalue weighted by molar-refractivity contribution is 5.92. The monoisotopic (exact) mass is 454 g/mol. The molecule has 4 aromatic rings. The van der Waals surface area contributed by atoms with Gasteiger partial charge in [0, 0.05) is 25.6 Å². The van der Waals surface area contributed by atoms with E-state index in [0.29, 0.717) is 6.54 Å². The van der Waals surface area contributed by atoms with Crippen LogP contribution >= 0.6 is 0 Å². The van der Waals surface area contributed by atoms with Crippen LogP contribution in [0.5, 0.6) is 0 Å². The predicted octanol–water partition coefficient (Wildman–Crippen LogP) is 4.27. The summed E-state index contributed by atoms with van der Waals surface area (Å²) in [6.07, 6.45) is 1.57. The number of aryl methyl sites for hydroxylation is 3. The number of para-hydroxylation sites is 1. The average molecular weight is 455 g/mol. The number of fused-ring (bicyclic) bond motifs is 1. The minimum absolute atomic E-state index is 0.0118. The summed E-state index contributed by atoms with van der Waals surface area (Å²) in [7, 11) is 0. The van der Waals surface area contributed by atoms with Crippen LogP contribution in [-0.4, -0.2) is 39.0 Å². The Balaban J connectivity index is 1.31. The molecule has 0 atom stereocenters. The van der Waals surface area contributed by atoms with Gasteiger partial charge >= 0.3 is 0 Å². The zero-order valence-corrected chi connectivity index (χ0v) is 20.0. The minimum Gasteiger partial charge on any atom is -0.353 e. The summed E-state index contributed by atoms with van der Waals surface area (Å²) >= 11 is 0. The Kier molecular flexibility index (Phi) is 6.01. The maximum absolute atomic E-state index is 12.8. The van der Waals surface area contributed by atoms with E-state index in [0.717, 1.165) is 65.3 Å². The molecule has 0 saturated carbocycles. The topological polar surface area (TPSA) is 75.9 Å². The highest BCUT2D eigenvalue weighted by Gasteiger charge is 2.28. The molecule has 3 heterocycles. The number of benzene rings is 2. The lowest BCUT2D eigenvalue weighted by Crippen LogP contribution is -2.41. The SMILES string of the molecule is Cc1ccccc1CNC(=O)C1CCN(c2nnc(C)c3c(C)n(-c4ccccc4)nc23)CC1. The number of hydrogen-bond acceptors (Lipinski definition) is 5. The molecule has 1 amide bonds. The van der Waals surface area contributed by atoms with Crippen LogP contribution in [0.4, 0.5) is 5.82 Å². The molecule has 7 heteroatoms. The largest absolute Gasteiger partial charge is 0.353 e. The Morgan fingerprint density at radius 1 is 0.971 bits per heavy atom. The Morgan fingerprint density at radius 3 is 2.41 bits per heavy atom. The molecule has 1 saturated heterocycles. The standard InChI is InChI=1S/C27H30N6O/c1-18-9-7-8-10-22(18)17-28-27(34)21-13-15-32(16-14-21)26-25-24(19(2)29-30-26)20(3)33(31-25)23-11-5-4-6-12-23/h4-12,21H,13-17H2,1-3H3,(H,28,34). The summed E-state index contributed by atoms with van der Waals surface area (Å²) < 4.78 is 1.97. The van der Waals surface area contributed by atoms with Crippen molar-refractivity contribution in [1.29, 1.82) is 0 Å². The van der Waals surface area contributed by atoms with Crippen molar-refractivity contribution in [2.24, 2.45) is 5.92 Å². The number of nitrogens with zero attached hydrogens (tertiary/aromatic N) is 5. The Morgan fingerprint density at radius 2 is 1.68 bits per heavy atom. The molecule has 5 rings (SSSR count). The van der Waals surface area contributed by atoms with Gasteiger partial charge in [-0.05, 0) is 56.9 Å². The average Bonchev–Trinajstić information content (AvgIpc) is 3.22. The number of rotatable bonds is 5. The fraction of sp³-hybridized carbons (Fsp3) is 0.333. The molecular formula is C27H30N6O. The summed E-state index contributed by atoms with van der Waals surface area (Å²) in [5.41, 5.74) is 6.19. The molecule has 174 valence electrons. The third-order valence-electron chi connectivity index (χ3n) is 6.87. The Labute approximate surface area is 199 Å². The second-order valence-electron chi connectivity index (χ2n) is 9.07. The lowest BCUT2D eigenvalue weighted by atomic mass is 9.95. The van der Waals surface area contributed by atoms with Gasteiger partial charge in [0.05, 0.1) is 22.5 Å². The molecule has 0 unspecified atom stereocenters. The molecule has 2 aromatic heterocycles. The fourth-order valence-electron chi connectivity index (χ4n) is 4.83. The first-order chi connectivity index (χ1) is 16.5. The maximum Gasteiger partial charge on any atom is 0.223 e. The van der Waals surface area contributed by atoms with Crippen LogP contribution in [0.25, 0.3) is 16.6 Å². The van der Waals surface area contributed by atoms with Crippen LogP contribution in [0.2, 0.25) is 0 Å². The highest BCUT2D eigenvalue weighted by atomic mass is 16.1. The fourth-order valence-corrected chi connectivity index (χ4v) is 4.83. The van der Waals surface area contributed by atoms with Gasteiger partial charge < -0.3 is 10.2 Å². The van der Waals surface area contributed by atoms with Crippen LogP contribution in [-0.2, 0) is 11.3 Å². The van der Waals surface area contributed by atoms with E-state index >= 15 is 0 Å². The van der Waals surface area contributed by atoms with Crippen LogP contribution in [0, 0.1) is 26.7 Å². The number of anilines is 1. The molecule has 1 aliphatic heterocycles. The van der Waals surface area contributed by atoms with Crippen LogP contribution < -0.4 is 10.2 Å². The van der Waals surface area contributed by atoms with Crippen molar-refractivity contribution in [2.75, 3.05) is 18.0 Å². The maximum atomic E-state index is 12.8. The van der Waals surface area contributed by atoms with Crippen molar-refractivity contribution in [3.05, 3.63) is 77.1 Å². The molecule has 0 radical (unpaired) electrons. The second kappa shape index (κ2) is 9.25. The molecule has 0 bridgehead atoms. The van der Waals surface area contributed by atoms with E-state index in [1.807, 2.05) is 41.9 Å². The van der Waals surface area contributed by atoms with E-state index in [2.05, 4.69) is 58.5 Å². The number of nitrogens with one attached hydrogen (secondary N) is 1. The first-order valence-corrected chi connectivity index (χ1v) is 11.9. The number of carbonyl (C=O) groups is 1. The van der Waals surface area contributed by atoms with Gasteiger partial charge in [0.25, 0.3) is 0 Å². The van der Waals surface area contributed by atoms with Crippen LogP contribution in [0.15, 0.2) is 54.6 Å². The molecule has 1 aliphatic rings. The van der Waals surface area contributed by atoms with Gasteiger partial charge in [0.15, 0.2) is 5.82 Å². The smallest absolute Gasteiger partial charge is 0.223 e. The predicted molar refractivity (Wildman–Crippen MR) is 134 cm³/mol. The molecule has 2 aromatic carbocycles. The van der Waals surface area contributed by atoms with Gasteiger partial charge in [0.1, 0.15) is 5.52 Å². The first kappa shape index (κ1) is 22.1. The third-order valence-corrected chi connectivity index (χ3v) is 6.87.